The highest BCUT2D eigenvalue weighted by atomic mass is 32.1. The Morgan fingerprint density at radius 2 is 2.21 bits per heavy atom. The van der Waals surface area contributed by atoms with Gasteiger partial charge in [-0.05, 0) is 35.6 Å². The molecule has 3 heteroatoms. The van der Waals surface area contributed by atoms with Crippen molar-refractivity contribution in [3.05, 3.63) is 34.5 Å². The molecular formula is C11H12FNS. The second-order valence-electron chi connectivity index (χ2n) is 3.20. The molecule has 1 heterocycles. The molecule has 0 fully saturated rings. The first kappa shape index (κ1) is 9.62. The first-order valence-corrected chi connectivity index (χ1v) is 5.47. The lowest BCUT2D eigenvalue weighted by Gasteiger charge is -1.97. The van der Waals surface area contributed by atoms with Gasteiger partial charge in [-0.25, -0.2) is 4.39 Å². The number of hydrogen-bond donors (Lipinski definition) is 1. The normalized spacial score (nSPS) is 11.1. The average molecular weight is 209 g/mol. The van der Waals surface area contributed by atoms with Crippen LogP contribution in [0.5, 0.6) is 0 Å². The highest BCUT2D eigenvalue weighted by Gasteiger charge is 2.09. The standard InChI is InChI=1S/C11H12FNS/c1-2-8-9-5-7(12)3-4-10(9)14-11(8)6-13/h3-5H,2,6,13H2,1H3. The lowest BCUT2D eigenvalue weighted by Crippen LogP contribution is -1.96. The van der Waals surface area contributed by atoms with Crippen LogP contribution in [0.2, 0.25) is 0 Å². The zero-order valence-corrected chi connectivity index (χ0v) is 8.83. The molecule has 0 unspecified atom stereocenters. The first-order valence-electron chi connectivity index (χ1n) is 4.66. The van der Waals surface area contributed by atoms with Crippen LogP contribution in [-0.4, -0.2) is 0 Å². The van der Waals surface area contributed by atoms with Crippen molar-refractivity contribution in [2.75, 3.05) is 0 Å². The van der Waals surface area contributed by atoms with Crippen molar-refractivity contribution in [2.45, 2.75) is 19.9 Å². The highest BCUT2D eigenvalue weighted by molar-refractivity contribution is 7.19. The fraction of sp³-hybridized carbons (Fsp3) is 0.273. The number of aryl methyl sites for hydroxylation is 1. The molecule has 0 radical (unpaired) electrons. The third-order valence-electron chi connectivity index (χ3n) is 2.38. The lowest BCUT2D eigenvalue weighted by atomic mass is 10.1. The molecule has 2 rings (SSSR count). The van der Waals surface area contributed by atoms with Crippen LogP contribution in [0.3, 0.4) is 0 Å². The number of hydrogen-bond acceptors (Lipinski definition) is 2. The van der Waals surface area contributed by atoms with Gasteiger partial charge in [-0.1, -0.05) is 6.92 Å². The van der Waals surface area contributed by atoms with E-state index in [1.54, 1.807) is 17.4 Å². The summed E-state index contributed by atoms with van der Waals surface area (Å²) in [4.78, 5) is 1.17. The van der Waals surface area contributed by atoms with Crippen LogP contribution in [-0.2, 0) is 13.0 Å². The third-order valence-corrected chi connectivity index (χ3v) is 3.61. The van der Waals surface area contributed by atoms with E-state index in [9.17, 15) is 4.39 Å². The van der Waals surface area contributed by atoms with Gasteiger partial charge in [0.1, 0.15) is 5.82 Å². The number of rotatable bonds is 2. The minimum absolute atomic E-state index is 0.173. The largest absolute Gasteiger partial charge is 0.326 e. The summed E-state index contributed by atoms with van der Waals surface area (Å²) in [5.41, 5.74) is 6.85. The molecule has 0 atom stereocenters. The molecule has 0 saturated carbocycles. The molecule has 0 spiro atoms. The van der Waals surface area contributed by atoms with Crippen LogP contribution in [0.25, 0.3) is 10.1 Å². The van der Waals surface area contributed by atoms with Crippen LogP contribution in [0.1, 0.15) is 17.4 Å². The summed E-state index contributed by atoms with van der Waals surface area (Å²) >= 11 is 1.67. The minimum atomic E-state index is -0.173. The van der Waals surface area contributed by atoms with E-state index in [4.69, 9.17) is 5.73 Å². The SMILES string of the molecule is CCc1c(CN)sc2ccc(F)cc12. The van der Waals surface area contributed by atoms with Crippen molar-refractivity contribution in [2.24, 2.45) is 5.73 Å². The monoisotopic (exact) mass is 209 g/mol. The Morgan fingerprint density at radius 3 is 2.86 bits per heavy atom. The predicted octanol–water partition coefficient (Wildman–Crippen LogP) is 3.06. The van der Waals surface area contributed by atoms with E-state index in [0.29, 0.717) is 6.54 Å². The fourth-order valence-corrected chi connectivity index (χ4v) is 2.88. The molecule has 0 aliphatic carbocycles. The van der Waals surface area contributed by atoms with E-state index >= 15 is 0 Å². The van der Waals surface area contributed by atoms with Gasteiger partial charge in [-0.15, -0.1) is 11.3 Å². The molecule has 0 aliphatic rings. The summed E-state index contributed by atoms with van der Waals surface area (Å²) in [5, 5.41) is 1.03. The van der Waals surface area contributed by atoms with Crippen molar-refractivity contribution < 1.29 is 4.39 Å². The maximum atomic E-state index is 13.0. The van der Waals surface area contributed by atoms with Gasteiger partial charge in [0.25, 0.3) is 0 Å². The van der Waals surface area contributed by atoms with Crippen LogP contribution in [0.15, 0.2) is 18.2 Å². The topological polar surface area (TPSA) is 26.0 Å². The van der Waals surface area contributed by atoms with Crippen molar-refractivity contribution in [1.29, 1.82) is 0 Å². The maximum absolute atomic E-state index is 13.0. The molecule has 2 N–H and O–H groups in total. The van der Waals surface area contributed by atoms with E-state index < -0.39 is 0 Å². The van der Waals surface area contributed by atoms with Crippen LogP contribution in [0, 0.1) is 5.82 Å². The summed E-state index contributed by atoms with van der Waals surface area (Å²) in [5.74, 6) is -0.173. The minimum Gasteiger partial charge on any atom is -0.326 e. The number of halogens is 1. The van der Waals surface area contributed by atoms with Gasteiger partial charge in [0.2, 0.25) is 0 Å². The molecule has 0 aliphatic heterocycles. The van der Waals surface area contributed by atoms with Crippen molar-refractivity contribution >= 4 is 21.4 Å². The zero-order valence-electron chi connectivity index (χ0n) is 8.01. The van der Waals surface area contributed by atoms with E-state index in [0.717, 1.165) is 16.5 Å². The van der Waals surface area contributed by atoms with Gasteiger partial charge < -0.3 is 5.73 Å². The van der Waals surface area contributed by atoms with Gasteiger partial charge in [0.05, 0.1) is 0 Å². The molecule has 14 heavy (non-hydrogen) atoms. The Morgan fingerprint density at radius 1 is 1.43 bits per heavy atom. The second kappa shape index (κ2) is 3.67. The number of thiophene rings is 1. The molecule has 1 nitrogen and oxygen atoms in total. The number of nitrogens with two attached hydrogens (primary N) is 1. The van der Waals surface area contributed by atoms with Crippen LogP contribution < -0.4 is 5.73 Å². The molecule has 0 bridgehead atoms. The Labute approximate surface area is 86.4 Å². The molecule has 2 aromatic rings. The molecule has 74 valence electrons. The van der Waals surface area contributed by atoms with Gasteiger partial charge in [-0.2, -0.15) is 0 Å². The van der Waals surface area contributed by atoms with Crippen molar-refractivity contribution in [3.63, 3.8) is 0 Å². The molecule has 1 aromatic carbocycles. The Balaban J connectivity index is 2.74. The molecular weight excluding hydrogens is 197 g/mol. The first-order chi connectivity index (χ1) is 6.76. The fourth-order valence-electron chi connectivity index (χ4n) is 1.72. The lowest BCUT2D eigenvalue weighted by molar-refractivity contribution is 0.629. The smallest absolute Gasteiger partial charge is 0.123 e. The Bertz CT molecular complexity index is 462. The van der Waals surface area contributed by atoms with Gasteiger partial charge in [0.15, 0.2) is 0 Å². The summed E-state index contributed by atoms with van der Waals surface area (Å²) in [6.45, 7) is 2.62. The molecule has 0 amide bonds. The van der Waals surface area contributed by atoms with Gasteiger partial charge >= 0.3 is 0 Å². The van der Waals surface area contributed by atoms with E-state index in [2.05, 4.69) is 6.92 Å². The van der Waals surface area contributed by atoms with Crippen LogP contribution >= 0.6 is 11.3 Å². The summed E-state index contributed by atoms with van der Waals surface area (Å²) in [7, 11) is 0. The Kier molecular flexibility index (Phi) is 2.52. The quantitative estimate of drug-likeness (QED) is 0.808. The molecule has 0 saturated heterocycles. The number of fused-ring (bicyclic) bond motifs is 1. The van der Waals surface area contributed by atoms with Crippen LogP contribution in [0.4, 0.5) is 4.39 Å². The third kappa shape index (κ3) is 1.42. The Hall–Kier alpha value is -0.930. The maximum Gasteiger partial charge on any atom is 0.123 e. The highest BCUT2D eigenvalue weighted by Crippen LogP contribution is 2.31. The van der Waals surface area contributed by atoms with E-state index in [1.807, 2.05) is 6.07 Å². The van der Waals surface area contributed by atoms with E-state index in [-0.39, 0.29) is 5.82 Å². The van der Waals surface area contributed by atoms with Gasteiger partial charge in [-0.3, -0.25) is 0 Å². The van der Waals surface area contributed by atoms with E-state index in [1.165, 1.54) is 16.5 Å². The van der Waals surface area contributed by atoms with Crippen molar-refractivity contribution in [1.82, 2.24) is 0 Å². The predicted molar refractivity (Wildman–Crippen MR) is 59.1 cm³/mol. The molecule has 1 aromatic heterocycles. The summed E-state index contributed by atoms with van der Waals surface area (Å²) in [6.07, 6.45) is 0.913. The summed E-state index contributed by atoms with van der Waals surface area (Å²) < 4.78 is 14.2. The summed E-state index contributed by atoms with van der Waals surface area (Å²) in [6, 6.07) is 4.93. The van der Waals surface area contributed by atoms with Gasteiger partial charge in [0, 0.05) is 16.1 Å². The van der Waals surface area contributed by atoms with Crippen molar-refractivity contribution in [3.8, 4) is 0 Å². The second-order valence-corrected chi connectivity index (χ2v) is 4.34. The average Bonchev–Trinajstić information content (AvgIpc) is 2.54. The zero-order chi connectivity index (χ0) is 10.1. The number of benzene rings is 1.